The Morgan fingerprint density at radius 1 is 0.558 bits per heavy atom. The van der Waals surface area contributed by atoms with E-state index >= 15 is 0 Å². The van der Waals surface area contributed by atoms with E-state index in [-0.39, 0.29) is 90.7 Å². The molecule has 3 atom stereocenters. The second-order valence-corrected chi connectivity index (χ2v) is 19.3. The van der Waals surface area contributed by atoms with Crippen LogP contribution in [0.2, 0.25) is 0 Å². The van der Waals surface area contributed by atoms with Crippen LogP contribution in [0.1, 0.15) is 99.8 Å². The van der Waals surface area contributed by atoms with Crippen molar-refractivity contribution in [1.82, 2.24) is 50.5 Å². The fourth-order valence-corrected chi connectivity index (χ4v) is 8.66. The summed E-state index contributed by atoms with van der Waals surface area (Å²) >= 11 is 0. The number of carbonyl (C=O) groups excluding carboxylic acids is 2. The number of carboxylic acids is 7. The van der Waals surface area contributed by atoms with Crippen LogP contribution in [0.25, 0.3) is 0 Å². The van der Waals surface area contributed by atoms with Crippen molar-refractivity contribution in [2.75, 3.05) is 97.5 Å². The summed E-state index contributed by atoms with van der Waals surface area (Å²) in [5.41, 5.74) is 1.77. The number of unbranched alkanes of at least 4 members (excludes halogenated alkanes) is 6. The molecule has 10 N–H and O–H groups in total. The first-order valence-electron chi connectivity index (χ1n) is 25.8. The number of urea groups is 1. The number of carbonyl (C=O) groups is 9. The van der Waals surface area contributed by atoms with E-state index in [1.807, 2.05) is 43.3 Å². The maximum atomic E-state index is 12.4. The zero-order chi connectivity index (χ0) is 56.9. The first-order chi connectivity index (χ1) is 36.6. The van der Waals surface area contributed by atoms with Crippen LogP contribution in [-0.4, -0.2) is 235 Å². The summed E-state index contributed by atoms with van der Waals surface area (Å²) in [7, 11) is 3.69. The van der Waals surface area contributed by atoms with Gasteiger partial charge >= 0.3 is 47.8 Å². The molecule has 2 aromatic rings. The van der Waals surface area contributed by atoms with Crippen LogP contribution in [0.4, 0.5) is 10.7 Å². The molecule has 1 fully saturated rings. The quantitative estimate of drug-likeness (QED) is 0.0430. The molecule has 3 amide bonds. The Kier molecular flexibility index (Phi) is 28.8. The van der Waals surface area contributed by atoms with Gasteiger partial charge in [-0.3, -0.25) is 48.4 Å². The molecule has 27 nitrogen and oxygen atoms in total. The fourth-order valence-electron chi connectivity index (χ4n) is 8.66. The van der Waals surface area contributed by atoms with Gasteiger partial charge in [0.05, 0.1) is 26.2 Å². The summed E-state index contributed by atoms with van der Waals surface area (Å²) in [6.07, 6.45) is 6.84. The number of carboxylic acid groups (broad SMARTS) is 7. The molecular weight excluding hydrogens is 1010 g/mol. The lowest BCUT2D eigenvalue weighted by molar-refractivity contribution is -0.142. The van der Waals surface area contributed by atoms with Gasteiger partial charge in [-0.05, 0) is 56.1 Å². The summed E-state index contributed by atoms with van der Waals surface area (Å²) in [4.78, 5) is 129. The van der Waals surface area contributed by atoms with E-state index in [0.29, 0.717) is 69.1 Å². The summed E-state index contributed by atoms with van der Waals surface area (Å²) in [6, 6.07) is 3.35. The largest absolute Gasteiger partial charge is 0.481 e. The number of aromatic nitrogens is 3. The average Bonchev–Trinajstić information content (AvgIpc) is 3.34. The lowest BCUT2D eigenvalue weighted by Gasteiger charge is -2.37. The van der Waals surface area contributed by atoms with Crippen molar-refractivity contribution in [2.45, 2.75) is 114 Å². The minimum Gasteiger partial charge on any atom is -0.481 e. The van der Waals surface area contributed by atoms with Crippen molar-refractivity contribution in [1.29, 1.82) is 0 Å². The summed E-state index contributed by atoms with van der Waals surface area (Å²) in [6.45, 7) is 0.288. The molecule has 0 bridgehead atoms. The Morgan fingerprint density at radius 2 is 1.06 bits per heavy atom. The van der Waals surface area contributed by atoms with Crippen molar-refractivity contribution in [3.63, 3.8) is 0 Å². The zero-order valence-corrected chi connectivity index (χ0v) is 44.0. The van der Waals surface area contributed by atoms with Gasteiger partial charge in [0.25, 0.3) is 0 Å². The number of nitrogens with zero attached hydrogens (tertiary/aromatic N) is 8. The SMILES string of the molecule is CN(C)c1nc(CCCCCCCCC(=O)NCCCC[C@H](NC(=O)N[C@@H](CCC(=O)O)C(=O)O)C(=O)O)nc(Cc2ccc(CC3CN(CC(=O)O)CCN(CC(=O)O)CCN(CC(=O)O)CCN3CC(=O)O)cc2)n1. The summed E-state index contributed by atoms with van der Waals surface area (Å²) in [5.74, 6) is -6.72. The van der Waals surface area contributed by atoms with Crippen LogP contribution in [0, 0.1) is 0 Å². The highest BCUT2D eigenvalue weighted by molar-refractivity contribution is 5.86. The van der Waals surface area contributed by atoms with Gasteiger partial charge in [-0.25, -0.2) is 19.4 Å². The predicted molar refractivity (Wildman–Crippen MR) is 277 cm³/mol. The number of hydrogen-bond donors (Lipinski definition) is 10. The molecule has 1 aliphatic heterocycles. The molecule has 428 valence electrons. The molecule has 1 aliphatic rings. The maximum Gasteiger partial charge on any atom is 0.326 e. The number of hydrogen-bond acceptors (Lipinski definition) is 17. The van der Waals surface area contributed by atoms with Gasteiger partial charge in [0.15, 0.2) is 0 Å². The van der Waals surface area contributed by atoms with E-state index in [1.54, 1.807) is 19.6 Å². The second kappa shape index (κ2) is 34.5. The topological polar surface area (TPSA) is 386 Å². The highest BCUT2D eigenvalue weighted by Gasteiger charge is 2.29. The van der Waals surface area contributed by atoms with E-state index in [4.69, 9.17) is 10.1 Å². The standard InChI is InChI=1S/C50H77N11O16/c1-57(2)49-55-39(12-7-5-3-4-6-8-13-41(62)51-20-10-9-11-37(47(73)74)52-50(77)53-38(48(75)76)18-19-42(63)64)54-40(56-49)28-35-16-14-34(15-17-35)27-36-29-60(32-45(69)70)24-23-58(30-43(65)66)21-22-59(31-44(67)68)25-26-61(36)33-46(71)72/h14-17,36-38H,3-13,18-33H2,1-2H3,(H,51,62)(H,63,64)(H,65,66)(H,67,68)(H,69,70)(H,71,72)(H,73,74)(H,75,76)(H2,52,53,77)/t36?,37-,38-/m0/s1. The van der Waals surface area contributed by atoms with E-state index in [0.717, 1.165) is 43.2 Å². The Balaban J connectivity index is 1.50. The van der Waals surface area contributed by atoms with Gasteiger partial charge in [-0.1, -0.05) is 49.9 Å². The monoisotopic (exact) mass is 1090 g/mol. The van der Waals surface area contributed by atoms with E-state index < -0.39 is 72.4 Å². The zero-order valence-electron chi connectivity index (χ0n) is 44.0. The molecule has 1 saturated heterocycles. The van der Waals surface area contributed by atoms with Crippen LogP contribution in [0.5, 0.6) is 0 Å². The minimum absolute atomic E-state index is 0.0264. The van der Waals surface area contributed by atoms with Gasteiger partial charge < -0.3 is 56.6 Å². The van der Waals surface area contributed by atoms with E-state index in [9.17, 15) is 73.8 Å². The maximum absolute atomic E-state index is 12.4. The third-order valence-electron chi connectivity index (χ3n) is 12.7. The highest BCUT2D eigenvalue weighted by atomic mass is 16.4. The summed E-state index contributed by atoms with van der Waals surface area (Å²) in [5, 5.41) is 73.5. The molecule has 0 spiro atoms. The first-order valence-corrected chi connectivity index (χ1v) is 25.8. The molecule has 77 heavy (non-hydrogen) atoms. The van der Waals surface area contributed by atoms with E-state index in [2.05, 4.69) is 25.9 Å². The number of nitrogens with one attached hydrogen (secondary N) is 3. The number of amides is 3. The molecule has 2 heterocycles. The number of aliphatic carboxylic acids is 7. The van der Waals surface area contributed by atoms with Gasteiger partial charge in [0.2, 0.25) is 11.9 Å². The Bertz CT molecular complexity index is 2260. The highest BCUT2D eigenvalue weighted by Crippen LogP contribution is 2.18. The van der Waals surface area contributed by atoms with Crippen LogP contribution in [0.3, 0.4) is 0 Å². The van der Waals surface area contributed by atoms with Crippen LogP contribution in [-0.2, 0) is 57.6 Å². The molecule has 3 rings (SSSR count). The number of benzene rings is 1. The van der Waals surface area contributed by atoms with Crippen molar-refractivity contribution in [3.8, 4) is 0 Å². The van der Waals surface area contributed by atoms with Gasteiger partial charge in [-0.2, -0.15) is 9.97 Å². The normalized spacial score (nSPS) is 15.9. The van der Waals surface area contributed by atoms with Crippen molar-refractivity contribution < 1.29 is 78.9 Å². The number of anilines is 1. The smallest absolute Gasteiger partial charge is 0.326 e. The molecular formula is C50H77N11O16. The Morgan fingerprint density at radius 3 is 1.62 bits per heavy atom. The molecule has 1 aromatic heterocycles. The van der Waals surface area contributed by atoms with Gasteiger partial charge in [-0.15, -0.1) is 0 Å². The molecule has 27 heteroatoms. The average molecular weight is 1090 g/mol. The molecule has 0 aliphatic carbocycles. The first kappa shape index (κ1) is 64.2. The molecule has 0 radical (unpaired) electrons. The van der Waals surface area contributed by atoms with Crippen LogP contribution >= 0.6 is 0 Å². The summed E-state index contributed by atoms with van der Waals surface area (Å²) < 4.78 is 0. The van der Waals surface area contributed by atoms with Gasteiger partial charge in [0.1, 0.15) is 23.7 Å². The number of rotatable bonds is 34. The molecule has 1 unspecified atom stereocenters. The minimum atomic E-state index is -1.50. The second-order valence-electron chi connectivity index (χ2n) is 19.3. The Labute approximate surface area is 447 Å². The van der Waals surface area contributed by atoms with Crippen LogP contribution in [0.15, 0.2) is 24.3 Å². The molecule has 0 saturated carbocycles. The van der Waals surface area contributed by atoms with Gasteiger partial charge in [0, 0.05) is 98.2 Å². The third-order valence-corrected chi connectivity index (χ3v) is 12.7. The van der Waals surface area contributed by atoms with Crippen molar-refractivity contribution in [2.24, 2.45) is 0 Å². The lowest BCUT2D eigenvalue weighted by atomic mass is 10.0. The van der Waals surface area contributed by atoms with E-state index in [1.165, 1.54) is 0 Å². The lowest BCUT2D eigenvalue weighted by Crippen LogP contribution is -2.53. The Hall–Kier alpha value is -7.10. The van der Waals surface area contributed by atoms with Crippen molar-refractivity contribution >= 4 is 59.7 Å². The van der Waals surface area contributed by atoms with Crippen LogP contribution < -0.4 is 20.9 Å². The van der Waals surface area contributed by atoms with Crippen molar-refractivity contribution in [3.05, 3.63) is 47.0 Å². The fraction of sp³-hybridized carbons (Fsp3) is 0.640. The number of aryl methyl sites for hydroxylation is 1. The molecule has 1 aromatic carbocycles. The third kappa shape index (κ3) is 27.5. The predicted octanol–water partition coefficient (Wildman–Crippen LogP) is 0.630.